The Morgan fingerprint density at radius 3 is 2.08 bits per heavy atom. The van der Waals surface area contributed by atoms with Crippen LogP contribution in [0.5, 0.6) is 11.5 Å². The third-order valence-electron chi connectivity index (χ3n) is 3.22. The average molecular weight is 360 g/mol. The first-order chi connectivity index (χ1) is 11.5. The van der Waals surface area contributed by atoms with Crippen molar-refractivity contribution in [1.82, 2.24) is 0 Å². The molecule has 6 heteroatoms. The number of nitrogens with one attached hydrogen (secondary N) is 1. The largest absolute Gasteiger partial charge is 0.456 e. The van der Waals surface area contributed by atoms with Gasteiger partial charge in [-0.1, -0.05) is 41.9 Å². The van der Waals surface area contributed by atoms with E-state index in [0.717, 1.165) is 0 Å². The van der Waals surface area contributed by atoms with Gasteiger partial charge >= 0.3 is 0 Å². The summed E-state index contributed by atoms with van der Waals surface area (Å²) in [6.45, 7) is 0. The number of hydrogen-bond acceptors (Lipinski definition) is 3. The van der Waals surface area contributed by atoms with E-state index in [0.29, 0.717) is 22.2 Å². The molecular weight excluding hydrogens is 346 g/mol. The predicted molar refractivity (Wildman–Crippen MR) is 95.2 cm³/mol. The number of rotatable bonds is 5. The molecule has 3 aromatic carbocycles. The summed E-state index contributed by atoms with van der Waals surface area (Å²) >= 11 is 6.04. The predicted octanol–water partition coefficient (Wildman–Crippen LogP) is 4.93. The Balaban J connectivity index is 1.74. The van der Waals surface area contributed by atoms with Gasteiger partial charge in [0.05, 0.1) is 9.92 Å². The number of sulfonamides is 1. The van der Waals surface area contributed by atoms with Crippen LogP contribution in [0.1, 0.15) is 0 Å². The van der Waals surface area contributed by atoms with Crippen LogP contribution in [0, 0.1) is 0 Å². The Hall–Kier alpha value is -2.50. The summed E-state index contributed by atoms with van der Waals surface area (Å²) in [6, 6.07) is 21.9. The van der Waals surface area contributed by atoms with E-state index in [4.69, 9.17) is 16.3 Å². The number of benzene rings is 3. The maximum atomic E-state index is 12.3. The lowest BCUT2D eigenvalue weighted by Gasteiger charge is -2.10. The molecule has 122 valence electrons. The van der Waals surface area contributed by atoms with Gasteiger partial charge in [-0.05, 0) is 48.5 Å². The quantitative estimate of drug-likeness (QED) is 0.702. The molecule has 0 aliphatic carbocycles. The molecule has 0 aromatic heterocycles. The molecule has 24 heavy (non-hydrogen) atoms. The van der Waals surface area contributed by atoms with Crippen LogP contribution < -0.4 is 9.46 Å². The molecular formula is C18H14ClNO3S. The second-order valence-electron chi connectivity index (χ2n) is 4.98. The monoisotopic (exact) mass is 359 g/mol. The van der Waals surface area contributed by atoms with Crippen molar-refractivity contribution in [2.45, 2.75) is 4.90 Å². The Bertz CT molecular complexity index is 926. The van der Waals surface area contributed by atoms with E-state index in [1.54, 1.807) is 54.6 Å². The second kappa shape index (κ2) is 6.95. The van der Waals surface area contributed by atoms with E-state index in [2.05, 4.69) is 4.72 Å². The highest BCUT2D eigenvalue weighted by atomic mass is 35.5. The van der Waals surface area contributed by atoms with Crippen LogP contribution in [0.3, 0.4) is 0 Å². The molecule has 0 saturated heterocycles. The van der Waals surface area contributed by atoms with Crippen LogP contribution in [0.4, 0.5) is 5.69 Å². The lowest BCUT2D eigenvalue weighted by molar-refractivity contribution is 0.483. The molecule has 4 nitrogen and oxygen atoms in total. The average Bonchev–Trinajstić information content (AvgIpc) is 2.59. The van der Waals surface area contributed by atoms with Crippen molar-refractivity contribution in [2.24, 2.45) is 0 Å². The van der Waals surface area contributed by atoms with Gasteiger partial charge in [0.15, 0.2) is 0 Å². The molecule has 3 rings (SSSR count). The van der Waals surface area contributed by atoms with Crippen LogP contribution in [-0.2, 0) is 10.0 Å². The molecule has 0 amide bonds. The van der Waals surface area contributed by atoms with E-state index in [1.807, 2.05) is 12.1 Å². The van der Waals surface area contributed by atoms with Crippen LogP contribution in [0.15, 0.2) is 83.8 Å². The Morgan fingerprint density at radius 2 is 1.42 bits per heavy atom. The fourth-order valence-electron chi connectivity index (χ4n) is 2.06. The lowest BCUT2D eigenvalue weighted by atomic mass is 10.3. The molecule has 0 radical (unpaired) electrons. The second-order valence-corrected chi connectivity index (χ2v) is 7.07. The number of halogens is 1. The van der Waals surface area contributed by atoms with Crippen molar-refractivity contribution in [3.63, 3.8) is 0 Å². The minimum absolute atomic E-state index is 0.210. The molecule has 0 heterocycles. The van der Waals surface area contributed by atoms with Gasteiger partial charge in [-0.15, -0.1) is 0 Å². The van der Waals surface area contributed by atoms with Gasteiger partial charge in [-0.2, -0.15) is 0 Å². The maximum absolute atomic E-state index is 12.3. The van der Waals surface area contributed by atoms with E-state index in [9.17, 15) is 8.42 Å². The van der Waals surface area contributed by atoms with E-state index >= 15 is 0 Å². The van der Waals surface area contributed by atoms with Crippen LogP contribution in [0.25, 0.3) is 0 Å². The molecule has 0 aliphatic rings. The minimum Gasteiger partial charge on any atom is -0.456 e. The van der Waals surface area contributed by atoms with Crippen molar-refractivity contribution in [3.8, 4) is 11.5 Å². The van der Waals surface area contributed by atoms with E-state index in [-0.39, 0.29) is 4.90 Å². The zero-order valence-electron chi connectivity index (χ0n) is 12.5. The highest BCUT2D eigenvalue weighted by Gasteiger charge is 2.13. The first-order valence-corrected chi connectivity index (χ1v) is 9.01. The molecule has 0 spiro atoms. The molecule has 0 saturated carbocycles. The van der Waals surface area contributed by atoms with Crippen molar-refractivity contribution in [1.29, 1.82) is 0 Å². The Morgan fingerprint density at radius 1 is 0.792 bits per heavy atom. The van der Waals surface area contributed by atoms with Crippen molar-refractivity contribution in [2.75, 3.05) is 4.72 Å². The lowest BCUT2D eigenvalue weighted by Crippen LogP contribution is -2.12. The van der Waals surface area contributed by atoms with Crippen molar-refractivity contribution >= 4 is 27.3 Å². The van der Waals surface area contributed by atoms with Crippen LogP contribution >= 0.6 is 11.6 Å². The maximum Gasteiger partial charge on any atom is 0.261 e. The summed E-state index contributed by atoms with van der Waals surface area (Å²) in [5, 5.41) is 0.506. The number of hydrogen-bond donors (Lipinski definition) is 1. The SMILES string of the molecule is O=S(=O)(Nc1ccc(Oc2ccccc2Cl)cc1)c1ccccc1. The van der Waals surface area contributed by atoms with Gasteiger partial charge in [0.1, 0.15) is 11.5 Å². The summed E-state index contributed by atoms with van der Waals surface area (Å²) in [6.07, 6.45) is 0. The summed E-state index contributed by atoms with van der Waals surface area (Å²) in [5.41, 5.74) is 0.449. The first kappa shape index (κ1) is 16.4. The third kappa shape index (κ3) is 3.88. The van der Waals surface area contributed by atoms with Gasteiger partial charge in [-0.3, -0.25) is 4.72 Å². The topological polar surface area (TPSA) is 55.4 Å². The summed E-state index contributed by atoms with van der Waals surface area (Å²) < 4.78 is 32.7. The first-order valence-electron chi connectivity index (χ1n) is 7.15. The molecule has 0 fully saturated rings. The smallest absolute Gasteiger partial charge is 0.261 e. The highest BCUT2D eigenvalue weighted by Crippen LogP contribution is 2.29. The van der Waals surface area contributed by atoms with Gasteiger partial charge in [0.2, 0.25) is 0 Å². The molecule has 0 bridgehead atoms. The standard InChI is InChI=1S/C18H14ClNO3S/c19-17-8-4-5-9-18(17)23-15-12-10-14(11-13-15)20-24(21,22)16-6-2-1-3-7-16/h1-13,20H. The zero-order chi connectivity index (χ0) is 17.0. The normalized spacial score (nSPS) is 11.0. The van der Waals surface area contributed by atoms with Crippen LogP contribution in [0.2, 0.25) is 5.02 Å². The molecule has 1 N–H and O–H groups in total. The van der Waals surface area contributed by atoms with Crippen LogP contribution in [-0.4, -0.2) is 8.42 Å². The summed E-state index contributed by atoms with van der Waals surface area (Å²) in [5.74, 6) is 1.10. The van der Waals surface area contributed by atoms with Crippen molar-refractivity contribution in [3.05, 3.63) is 83.9 Å². The zero-order valence-corrected chi connectivity index (χ0v) is 14.1. The minimum atomic E-state index is -3.60. The van der Waals surface area contributed by atoms with Gasteiger partial charge in [0.25, 0.3) is 10.0 Å². The molecule has 0 atom stereocenters. The fourth-order valence-corrected chi connectivity index (χ4v) is 3.31. The van der Waals surface area contributed by atoms with E-state index < -0.39 is 10.0 Å². The molecule has 3 aromatic rings. The molecule has 0 unspecified atom stereocenters. The molecule has 0 aliphatic heterocycles. The van der Waals surface area contributed by atoms with Gasteiger partial charge in [0, 0.05) is 5.69 Å². The Labute approximate surface area is 145 Å². The Kier molecular flexibility index (Phi) is 4.74. The fraction of sp³-hybridized carbons (Fsp3) is 0. The van der Waals surface area contributed by atoms with Gasteiger partial charge in [-0.25, -0.2) is 8.42 Å². The van der Waals surface area contributed by atoms with Gasteiger partial charge < -0.3 is 4.74 Å². The van der Waals surface area contributed by atoms with E-state index in [1.165, 1.54) is 12.1 Å². The number of anilines is 1. The summed E-state index contributed by atoms with van der Waals surface area (Å²) in [7, 11) is -3.60. The third-order valence-corrected chi connectivity index (χ3v) is 4.93. The van der Waals surface area contributed by atoms with Crippen molar-refractivity contribution < 1.29 is 13.2 Å². The summed E-state index contributed by atoms with van der Waals surface area (Å²) in [4.78, 5) is 0.210. The number of para-hydroxylation sites is 1. The number of ether oxygens (including phenoxy) is 1. The highest BCUT2D eigenvalue weighted by molar-refractivity contribution is 7.92.